The minimum absolute atomic E-state index is 0.0917. The molecule has 2 nitrogen and oxygen atoms in total. The van der Waals surface area contributed by atoms with Crippen molar-refractivity contribution in [1.82, 2.24) is 4.90 Å². The van der Waals surface area contributed by atoms with E-state index in [0.717, 1.165) is 17.7 Å². The molecule has 0 radical (unpaired) electrons. The van der Waals surface area contributed by atoms with Gasteiger partial charge in [-0.15, -0.1) is 0 Å². The van der Waals surface area contributed by atoms with Gasteiger partial charge in [0.15, 0.2) is 0 Å². The van der Waals surface area contributed by atoms with E-state index in [-0.39, 0.29) is 5.41 Å². The maximum absolute atomic E-state index is 5.22. The van der Waals surface area contributed by atoms with Gasteiger partial charge in [-0.05, 0) is 64.1 Å². The summed E-state index contributed by atoms with van der Waals surface area (Å²) in [6, 6.07) is 19.2. The van der Waals surface area contributed by atoms with Gasteiger partial charge in [0, 0.05) is 30.1 Å². The molecule has 0 amide bonds. The highest BCUT2D eigenvalue weighted by Gasteiger charge is 2.37. The fourth-order valence-corrected chi connectivity index (χ4v) is 4.47. The van der Waals surface area contributed by atoms with E-state index in [1.165, 1.54) is 27.8 Å². The number of nitrogens with zero attached hydrogens (tertiary/aromatic N) is 1. The molecule has 2 aliphatic rings. The van der Waals surface area contributed by atoms with Gasteiger partial charge < -0.3 is 10.6 Å². The fourth-order valence-electron chi connectivity index (χ4n) is 4.47. The lowest BCUT2D eigenvalue weighted by molar-refractivity contribution is 0.499. The number of fused-ring (bicyclic) bond motifs is 2. The average molecular weight is 517 g/mol. The van der Waals surface area contributed by atoms with Crippen molar-refractivity contribution in [2.24, 2.45) is 5.73 Å². The Morgan fingerprint density at radius 2 is 1.56 bits per heavy atom. The van der Waals surface area contributed by atoms with Crippen LogP contribution in [0.5, 0.6) is 0 Å². The Morgan fingerprint density at radius 1 is 0.897 bits per heavy atom. The Labute approximate surface area is 237 Å². The topological polar surface area (TPSA) is 29.3 Å². The van der Waals surface area contributed by atoms with E-state index in [9.17, 15) is 0 Å². The first-order chi connectivity index (χ1) is 18.8. The largest absolute Gasteiger partial charge is 0.399 e. The van der Waals surface area contributed by atoms with Gasteiger partial charge in [0.1, 0.15) is 0 Å². The smallest absolute Gasteiger partial charge is 0.0470 e. The van der Waals surface area contributed by atoms with Gasteiger partial charge in [0.05, 0.1) is 0 Å². The minimum Gasteiger partial charge on any atom is -0.399 e. The van der Waals surface area contributed by atoms with Crippen LogP contribution in [-0.4, -0.2) is 4.90 Å². The monoisotopic (exact) mass is 516 g/mol. The Morgan fingerprint density at radius 3 is 2.23 bits per heavy atom. The molecule has 2 heteroatoms. The van der Waals surface area contributed by atoms with Crippen LogP contribution in [-0.2, 0) is 12.0 Å². The zero-order chi connectivity index (χ0) is 28.8. The van der Waals surface area contributed by atoms with E-state index >= 15 is 0 Å². The van der Waals surface area contributed by atoms with E-state index in [2.05, 4.69) is 118 Å². The quantitative estimate of drug-likeness (QED) is 0.410. The molecular formula is C37H44N2. The van der Waals surface area contributed by atoms with Crippen LogP contribution in [0.1, 0.15) is 51.3 Å². The molecule has 0 unspecified atom stereocenters. The summed E-state index contributed by atoms with van der Waals surface area (Å²) in [4.78, 5) is 2.22. The number of benzene rings is 2. The second kappa shape index (κ2) is 15.2. The molecule has 0 aromatic heterocycles. The molecule has 0 spiro atoms. The Kier molecular flexibility index (Phi) is 12.0. The fraction of sp³-hybridized carbons (Fsp3) is 0.189. The summed E-state index contributed by atoms with van der Waals surface area (Å²) < 4.78 is 0. The molecule has 1 aliphatic carbocycles. The molecule has 2 aromatic rings. The van der Waals surface area contributed by atoms with Gasteiger partial charge in [-0.3, -0.25) is 0 Å². The van der Waals surface area contributed by atoms with Crippen LogP contribution >= 0.6 is 0 Å². The first-order valence-corrected chi connectivity index (χ1v) is 13.6. The molecule has 39 heavy (non-hydrogen) atoms. The van der Waals surface area contributed by atoms with Crippen LogP contribution < -0.4 is 5.73 Å². The van der Waals surface area contributed by atoms with Crippen LogP contribution in [0.3, 0.4) is 0 Å². The molecular weight excluding hydrogens is 472 g/mol. The average Bonchev–Trinajstić information content (AvgIpc) is 3.15. The van der Waals surface area contributed by atoms with Crippen molar-refractivity contribution in [1.29, 1.82) is 0 Å². The third kappa shape index (κ3) is 8.35. The SMILES string of the molecule is C=C(N)/C=C\C=C/C.C=C1/C=C\C=C/N(Cc2ccccc2)/C=C\C2=C(C1=C)c1ccccc1C2(C)C.CC. The van der Waals surface area contributed by atoms with Gasteiger partial charge in [0.2, 0.25) is 0 Å². The molecule has 0 saturated carbocycles. The van der Waals surface area contributed by atoms with E-state index in [4.69, 9.17) is 5.73 Å². The molecule has 1 aliphatic heterocycles. The lowest BCUT2D eigenvalue weighted by atomic mass is 9.81. The maximum Gasteiger partial charge on any atom is 0.0470 e. The summed E-state index contributed by atoms with van der Waals surface area (Å²) in [7, 11) is 0. The number of nitrogens with two attached hydrogens (primary N) is 1. The molecule has 0 saturated heterocycles. The third-order valence-electron chi connectivity index (χ3n) is 6.44. The maximum atomic E-state index is 5.22. The highest BCUT2D eigenvalue weighted by atomic mass is 15.1. The summed E-state index contributed by atoms with van der Waals surface area (Å²) >= 11 is 0. The molecule has 2 aromatic carbocycles. The first-order valence-electron chi connectivity index (χ1n) is 13.6. The van der Waals surface area contributed by atoms with Crippen LogP contribution in [0, 0.1) is 0 Å². The predicted molar refractivity (Wildman–Crippen MR) is 173 cm³/mol. The summed E-state index contributed by atoms with van der Waals surface area (Å²) in [5, 5.41) is 0. The predicted octanol–water partition coefficient (Wildman–Crippen LogP) is 9.56. The van der Waals surface area contributed by atoms with E-state index in [1.807, 2.05) is 51.2 Å². The number of hydrogen-bond donors (Lipinski definition) is 1. The van der Waals surface area contributed by atoms with Crippen molar-refractivity contribution >= 4 is 5.57 Å². The van der Waals surface area contributed by atoms with E-state index < -0.39 is 0 Å². The van der Waals surface area contributed by atoms with Crippen molar-refractivity contribution in [2.45, 2.75) is 46.6 Å². The summed E-state index contributed by atoms with van der Waals surface area (Å²) in [5.41, 5.74) is 14.0. The van der Waals surface area contributed by atoms with Crippen LogP contribution in [0.4, 0.5) is 0 Å². The molecule has 0 bridgehead atoms. The van der Waals surface area contributed by atoms with Crippen molar-refractivity contribution in [3.8, 4) is 0 Å². The lowest BCUT2D eigenvalue weighted by Crippen LogP contribution is -2.17. The molecule has 202 valence electrons. The second-order valence-corrected chi connectivity index (χ2v) is 9.60. The Balaban J connectivity index is 0.000000460. The Bertz CT molecular complexity index is 1320. The third-order valence-corrected chi connectivity index (χ3v) is 6.44. The van der Waals surface area contributed by atoms with Gasteiger partial charge >= 0.3 is 0 Å². The molecule has 1 heterocycles. The summed E-state index contributed by atoms with van der Waals surface area (Å²) in [6.45, 7) is 23.5. The first kappa shape index (κ1) is 30.9. The van der Waals surface area contributed by atoms with Gasteiger partial charge in [-0.2, -0.15) is 0 Å². The van der Waals surface area contributed by atoms with Gasteiger partial charge in [-0.25, -0.2) is 0 Å². The van der Waals surface area contributed by atoms with Crippen LogP contribution in [0.15, 0.2) is 158 Å². The van der Waals surface area contributed by atoms with Gasteiger partial charge in [-0.1, -0.05) is 132 Å². The molecule has 0 atom stereocenters. The molecule has 4 rings (SSSR count). The van der Waals surface area contributed by atoms with Crippen molar-refractivity contribution in [2.75, 3.05) is 0 Å². The highest BCUT2D eigenvalue weighted by Crippen LogP contribution is 2.50. The van der Waals surface area contributed by atoms with Crippen molar-refractivity contribution in [3.63, 3.8) is 0 Å². The van der Waals surface area contributed by atoms with Gasteiger partial charge in [0.25, 0.3) is 0 Å². The Hall–Kier alpha value is -4.30. The molecule has 0 fully saturated rings. The number of rotatable bonds is 4. The zero-order valence-electron chi connectivity index (χ0n) is 24.3. The second-order valence-electron chi connectivity index (χ2n) is 9.60. The number of allylic oxidation sites excluding steroid dienone is 12. The van der Waals surface area contributed by atoms with E-state index in [1.54, 1.807) is 6.08 Å². The van der Waals surface area contributed by atoms with Crippen LogP contribution in [0.25, 0.3) is 5.57 Å². The summed E-state index contributed by atoms with van der Waals surface area (Å²) in [5.74, 6) is 0. The summed E-state index contributed by atoms with van der Waals surface area (Å²) in [6.07, 6.45) is 20.1. The zero-order valence-corrected chi connectivity index (χ0v) is 24.3. The van der Waals surface area contributed by atoms with E-state index in [0.29, 0.717) is 5.70 Å². The standard InChI is InChI=1S/C28H27N.C7H11N.C2H6/c1-21-12-10-11-18-29(20-23-13-6-5-7-14-23)19-17-26-27(22(21)2)24-15-8-9-16-25(24)28(26,3)4;1-3-4-5-6-7(2)8;1-2/h5-19H,1-2,20H2,3-4H3;3-6H,2,8H2,1H3;1-2H3/b12-10-,18-11-,19-17-;4-3-,6-5-;. The highest BCUT2D eigenvalue weighted by molar-refractivity contribution is 5.93. The number of hydrogen-bond acceptors (Lipinski definition) is 2. The minimum atomic E-state index is -0.0917. The lowest BCUT2D eigenvalue weighted by Gasteiger charge is -2.24. The molecule has 2 N–H and O–H groups in total. The normalized spacial score (nSPS) is 18.2. The van der Waals surface area contributed by atoms with Crippen molar-refractivity contribution in [3.05, 3.63) is 174 Å². The van der Waals surface area contributed by atoms with Crippen molar-refractivity contribution < 1.29 is 0 Å². The van der Waals surface area contributed by atoms with Crippen LogP contribution in [0.2, 0.25) is 0 Å².